The van der Waals surface area contributed by atoms with E-state index in [9.17, 15) is 18.0 Å². The van der Waals surface area contributed by atoms with Crippen molar-refractivity contribution in [2.75, 3.05) is 18.2 Å². The molecule has 0 bridgehead atoms. The van der Waals surface area contributed by atoms with Gasteiger partial charge in [-0.05, 0) is 48.9 Å². The summed E-state index contributed by atoms with van der Waals surface area (Å²) in [4.78, 5) is 24.1. The van der Waals surface area contributed by atoms with E-state index in [4.69, 9.17) is 16.3 Å². The van der Waals surface area contributed by atoms with Gasteiger partial charge in [0, 0.05) is 11.9 Å². The highest BCUT2D eigenvalue weighted by Gasteiger charge is 2.16. The highest BCUT2D eigenvalue weighted by Crippen LogP contribution is 2.22. The number of esters is 1. The van der Waals surface area contributed by atoms with Crippen molar-refractivity contribution >= 4 is 39.0 Å². The second-order valence-electron chi connectivity index (χ2n) is 5.58. The van der Waals surface area contributed by atoms with Gasteiger partial charge < -0.3 is 10.1 Å². The molecule has 0 aliphatic carbocycles. The molecule has 6 nitrogen and oxygen atoms in total. The molecule has 2 aromatic rings. The van der Waals surface area contributed by atoms with Gasteiger partial charge in [0.05, 0.1) is 27.7 Å². The zero-order valence-corrected chi connectivity index (χ0v) is 15.9. The number of carbonyl (C=O) groups excluding carboxylic acids is 2. The lowest BCUT2D eigenvalue weighted by molar-refractivity contribution is 0.0505. The summed E-state index contributed by atoms with van der Waals surface area (Å²) >= 11 is 6.01. The van der Waals surface area contributed by atoms with Crippen LogP contribution < -0.4 is 5.32 Å². The van der Waals surface area contributed by atoms with E-state index in [-0.39, 0.29) is 15.5 Å². The van der Waals surface area contributed by atoms with Crippen molar-refractivity contribution in [2.45, 2.75) is 18.2 Å². The number of ether oxygens (including phenoxy) is 1. The third kappa shape index (κ3) is 5.06. The lowest BCUT2D eigenvalue weighted by atomic mass is 10.2. The number of nitrogens with one attached hydrogen (secondary N) is 1. The molecule has 0 radical (unpaired) electrons. The van der Waals surface area contributed by atoms with Crippen LogP contribution in [0.1, 0.15) is 34.1 Å². The molecule has 0 heterocycles. The molecular formula is C18H18ClNO5S. The maximum absolute atomic E-state index is 12.4. The predicted molar refractivity (Wildman–Crippen MR) is 99.5 cm³/mol. The van der Waals surface area contributed by atoms with Crippen LogP contribution in [-0.2, 0) is 14.6 Å². The first-order valence-electron chi connectivity index (χ1n) is 7.80. The Morgan fingerprint density at radius 1 is 1.12 bits per heavy atom. The summed E-state index contributed by atoms with van der Waals surface area (Å²) in [5.41, 5.74) is 0.845. The third-order valence-corrected chi connectivity index (χ3v) is 4.87. The van der Waals surface area contributed by atoms with E-state index in [1.54, 1.807) is 12.1 Å². The predicted octanol–water partition coefficient (Wildman–Crippen LogP) is 3.56. The molecule has 0 spiro atoms. The van der Waals surface area contributed by atoms with Crippen molar-refractivity contribution in [3.63, 3.8) is 0 Å². The van der Waals surface area contributed by atoms with Crippen LogP contribution in [0.15, 0.2) is 47.4 Å². The SMILES string of the molecule is CCCOC(=O)c1ccc(NC(=O)c2cc(S(C)(=O)=O)ccc2Cl)cc1. The minimum atomic E-state index is -3.46. The molecule has 26 heavy (non-hydrogen) atoms. The Bertz CT molecular complexity index is 923. The molecule has 1 amide bonds. The van der Waals surface area contributed by atoms with E-state index in [1.807, 2.05) is 6.92 Å². The van der Waals surface area contributed by atoms with Crippen LogP contribution >= 0.6 is 11.6 Å². The largest absolute Gasteiger partial charge is 0.462 e. The average molecular weight is 396 g/mol. The number of hydrogen-bond donors (Lipinski definition) is 1. The van der Waals surface area contributed by atoms with Gasteiger partial charge in [0.15, 0.2) is 9.84 Å². The first-order valence-corrected chi connectivity index (χ1v) is 10.1. The summed E-state index contributed by atoms with van der Waals surface area (Å²) in [6.07, 6.45) is 1.78. The highest BCUT2D eigenvalue weighted by molar-refractivity contribution is 7.90. The minimum Gasteiger partial charge on any atom is -0.462 e. The molecular weight excluding hydrogens is 378 g/mol. The number of rotatable bonds is 6. The third-order valence-electron chi connectivity index (χ3n) is 3.43. The molecule has 0 fully saturated rings. The Balaban J connectivity index is 2.16. The van der Waals surface area contributed by atoms with Crippen LogP contribution in [0.3, 0.4) is 0 Å². The molecule has 0 aliphatic rings. The summed E-state index contributed by atoms with van der Waals surface area (Å²) < 4.78 is 28.3. The van der Waals surface area contributed by atoms with Crippen LogP contribution in [0.5, 0.6) is 0 Å². The molecule has 138 valence electrons. The molecule has 2 rings (SSSR count). The normalized spacial score (nSPS) is 11.0. The van der Waals surface area contributed by atoms with E-state index in [0.717, 1.165) is 12.7 Å². The van der Waals surface area contributed by atoms with Crippen molar-refractivity contribution < 1.29 is 22.7 Å². The van der Waals surface area contributed by atoms with E-state index < -0.39 is 21.7 Å². The Morgan fingerprint density at radius 2 is 1.77 bits per heavy atom. The van der Waals surface area contributed by atoms with Crippen molar-refractivity contribution in [3.05, 3.63) is 58.6 Å². The van der Waals surface area contributed by atoms with E-state index in [2.05, 4.69) is 5.32 Å². The van der Waals surface area contributed by atoms with Gasteiger partial charge in [0.25, 0.3) is 5.91 Å². The number of halogens is 1. The second-order valence-corrected chi connectivity index (χ2v) is 8.00. The van der Waals surface area contributed by atoms with Crippen LogP contribution in [0.2, 0.25) is 5.02 Å². The summed E-state index contributed by atoms with van der Waals surface area (Å²) in [6.45, 7) is 2.24. The molecule has 2 aromatic carbocycles. The first-order chi connectivity index (χ1) is 12.2. The molecule has 0 aliphatic heterocycles. The highest BCUT2D eigenvalue weighted by atomic mass is 35.5. The van der Waals surface area contributed by atoms with E-state index in [1.165, 1.54) is 30.3 Å². The van der Waals surface area contributed by atoms with Gasteiger partial charge in [-0.25, -0.2) is 13.2 Å². The van der Waals surface area contributed by atoms with Crippen molar-refractivity contribution in [1.29, 1.82) is 0 Å². The van der Waals surface area contributed by atoms with E-state index in [0.29, 0.717) is 17.9 Å². The van der Waals surface area contributed by atoms with Crippen molar-refractivity contribution in [2.24, 2.45) is 0 Å². The Morgan fingerprint density at radius 3 is 2.35 bits per heavy atom. The Hall–Kier alpha value is -2.38. The summed E-state index contributed by atoms with van der Waals surface area (Å²) in [6, 6.07) is 10.1. The van der Waals surface area contributed by atoms with Crippen LogP contribution in [0, 0.1) is 0 Å². The van der Waals surface area contributed by atoms with Crippen molar-refractivity contribution in [3.8, 4) is 0 Å². The standard InChI is InChI=1S/C18H18ClNO5S/c1-3-10-25-18(22)12-4-6-13(7-5-12)20-17(21)15-11-14(26(2,23)24)8-9-16(15)19/h4-9,11H,3,10H2,1-2H3,(H,20,21). The van der Waals surface area contributed by atoms with Gasteiger partial charge >= 0.3 is 5.97 Å². The lowest BCUT2D eigenvalue weighted by Gasteiger charge is -2.09. The summed E-state index contributed by atoms with van der Waals surface area (Å²) in [7, 11) is -3.46. The fraction of sp³-hybridized carbons (Fsp3) is 0.222. The molecule has 0 unspecified atom stereocenters. The van der Waals surface area contributed by atoms with Gasteiger partial charge in [0.2, 0.25) is 0 Å². The minimum absolute atomic E-state index is 0.000988. The summed E-state index contributed by atoms with van der Waals surface area (Å²) in [5, 5.41) is 2.75. The summed E-state index contributed by atoms with van der Waals surface area (Å²) in [5.74, 6) is -0.990. The Labute approximate surface area is 157 Å². The molecule has 0 saturated carbocycles. The van der Waals surface area contributed by atoms with Crippen LogP contribution in [0.4, 0.5) is 5.69 Å². The van der Waals surface area contributed by atoms with Crippen LogP contribution in [-0.4, -0.2) is 33.2 Å². The van der Waals surface area contributed by atoms with Gasteiger partial charge in [-0.2, -0.15) is 0 Å². The van der Waals surface area contributed by atoms with Crippen molar-refractivity contribution in [1.82, 2.24) is 0 Å². The molecule has 1 N–H and O–H groups in total. The maximum atomic E-state index is 12.4. The van der Waals surface area contributed by atoms with Crippen LogP contribution in [0.25, 0.3) is 0 Å². The first kappa shape index (κ1) is 19.9. The number of anilines is 1. The van der Waals surface area contributed by atoms with Gasteiger partial charge in [-0.15, -0.1) is 0 Å². The lowest BCUT2D eigenvalue weighted by Crippen LogP contribution is -2.14. The maximum Gasteiger partial charge on any atom is 0.338 e. The topological polar surface area (TPSA) is 89.5 Å². The quantitative estimate of drug-likeness (QED) is 0.755. The Kier molecular flexibility index (Phi) is 6.39. The number of sulfone groups is 1. The number of carbonyl (C=O) groups is 2. The smallest absolute Gasteiger partial charge is 0.338 e. The zero-order valence-electron chi connectivity index (χ0n) is 14.3. The van der Waals surface area contributed by atoms with Gasteiger partial charge in [-0.3, -0.25) is 4.79 Å². The number of hydrogen-bond acceptors (Lipinski definition) is 5. The van der Waals surface area contributed by atoms with E-state index >= 15 is 0 Å². The number of amides is 1. The molecule has 0 saturated heterocycles. The molecule has 8 heteroatoms. The van der Waals surface area contributed by atoms with Gasteiger partial charge in [-0.1, -0.05) is 18.5 Å². The fourth-order valence-corrected chi connectivity index (χ4v) is 2.93. The fourth-order valence-electron chi connectivity index (χ4n) is 2.08. The zero-order chi connectivity index (χ0) is 19.3. The number of benzene rings is 2. The van der Waals surface area contributed by atoms with Gasteiger partial charge in [0.1, 0.15) is 0 Å². The monoisotopic (exact) mass is 395 g/mol. The molecule has 0 atom stereocenters. The molecule has 0 aromatic heterocycles. The average Bonchev–Trinajstić information content (AvgIpc) is 2.59. The second kappa shape index (κ2) is 8.33.